The smallest absolute Gasteiger partial charge is 0.264 e. The van der Waals surface area contributed by atoms with Crippen molar-refractivity contribution in [2.24, 2.45) is 0 Å². The van der Waals surface area contributed by atoms with Crippen LogP contribution < -0.4 is 9.62 Å². The molecule has 0 spiro atoms. The van der Waals surface area contributed by atoms with Crippen molar-refractivity contribution in [3.8, 4) is 0 Å². The van der Waals surface area contributed by atoms with Gasteiger partial charge in [0.1, 0.15) is 12.4 Å². The second-order valence-corrected chi connectivity index (χ2v) is 11.3. The summed E-state index contributed by atoms with van der Waals surface area (Å²) in [6.45, 7) is -0.669. The third-order valence-electron chi connectivity index (χ3n) is 5.57. The number of carbonyl (C=O) groups excluding carboxylic acids is 2. The largest absolute Gasteiger partial charge is 0.324 e. The van der Waals surface area contributed by atoms with E-state index in [9.17, 15) is 22.4 Å². The number of benzene rings is 4. The van der Waals surface area contributed by atoms with Gasteiger partial charge in [0, 0.05) is 21.0 Å². The minimum Gasteiger partial charge on any atom is -0.324 e. The van der Waals surface area contributed by atoms with Crippen molar-refractivity contribution in [1.29, 1.82) is 0 Å². The van der Waals surface area contributed by atoms with Crippen molar-refractivity contribution in [2.75, 3.05) is 22.4 Å². The van der Waals surface area contributed by atoms with Gasteiger partial charge in [-0.05, 0) is 66.9 Å². The van der Waals surface area contributed by atoms with Crippen LogP contribution in [0.4, 0.5) is 15.8 Å². The summed E-state index contributed by atoms with van der Waals surface area (Å²) in [5.74, 6) is -1.76. The van der Waals surface area contributed by atoms with Crippen LogP contribution in [0.3, 0.4) is 0 Å². The van der Waals surface area contributed by atoms with Crippen LogP contribution in [-0.4, -0.2) is 32.9 Å². The summed E-state index contributed by atoms with van der Waals surface area (Å²) in [7, 11) is -4.25. The van der Waals surface area contributed by atoms with Crippen LogP contribution in [0.5, 0.6) is 0 Å². The first-order valence-electron chi connectivity index (χ1n) is 11.3. The first-order valence-corrected chi connectivity index (χ1v) is 14.3. The standard InChI is InChI=1S/C28H22ClFN2O4S2/c1-37-23-11-13-24(14-12-23)38(35,36)32(22-9-5-8-21(30)17-22)18-27(33)31-26-15-10-20(29)16-25(26)28(34)19-6-3-2-4-7-19/h2-17H,18H2,1H3,(H,31,33). The molecule has 0 fully saturated rings. The molecule has 1 N–H and O–H groups in total. The molecule has 0 aliphatic carbocycles. The summed E-state index contributed by atoms with van der Waals surface area (Å²) in [6.07, 6.45) is 1.86. The monoisotopic (exact) mass is 568 g/mol. The summed E-state index contributed by atoms with van der Waals surface area (Å²) in [6, 6.07) is 24.0. The lowest BCUT2D eigenvalue weighted by atomic mass is 10.0. The highest BCUT2D eigenvalue weighted by Crippen LogP contribution is 2.27. The summed E-state index contributed by atoms with van der Waals surface area (Å²) in [4.78, 5) is 27.1. The lowest BCUT2D eigenvalue weighted by Crippen LogP contribution is -2.38. The van der Waals surface area contributed by atoms with E-state index in [0.29, 0.717) is 10.6 Å². The highest BCUT2D eigenvalue weighted by Gasteiger charge is 2.28. The average molecular weight is 569 g/mol. The van der Waals surface area contributed by atoms with Crippen molar-refractivity contribution < 1.29 is 22.4 Å². The van der Waals surface area contributed by atoms with Gasteiger partial charge in [-0.1, -0.05) is 48.0 Å². The van der Waals surface area contributed by atoms with Crippen molar-refractivity contribution in [3.63, 3.8) is 0 Å². The zero-order valence-corrected chi connectivity index (χ0v) is 22.5. The maximum Gasteiger partial charge on any atom is 0.264 e. The fraction of sp³-hybridized carbons (Fsp3) is 0.0714. The molecule has 6 nitrogen and oxygen atoms in total. The maximum atomic E-state index is 14.1. The Bertz CT molecular complexity index is 1580. The predicted molar refractivity (Wildman–Crippen MR) is 149 cm³/mol. The molecule has 0 unspecified atom stereocenters. The van der Waals surface area contributed by atoms with Crippen LogP contribution in [0, 0.1) is 5.82 Å². The number of ketones is 1. The molecule has 0 atom stereocenters. The number of rotatable bonds is 9. The first kappa shape index (κ1) is 27.4. The molecule has 10 heteroatoms. The molecule has 0 radical (unpaired) electrons. The fourth-order valence-electron chi connectivity index (χ4n) is 3.70. The van der Waals surface area contributed by atoms with Crippen LogP contribution in [0.25, 0.3) is 0 Å². The number of thioether (sulfide) groups is 1. The van der Waals surface area contributed by atoms with E-state index in [2.05, 4.69) is 5.32 Å². The molecule has 0 saturated heterocycles. The average Bonchev–Trinajstić information content (AvgIpc) is 2.92. The Labute approximate surface area is 229 Å². The number of sulfonamides is 1. The third-order valence-corrected chi connectivity index (χ3v) is 8.33. The minimum absolute atomic E-state index is 0.0224. The Morgan fingerprint density at radius 2 is 1.63 bits per heavy atom. The molecular weight excluding hydrogens is 547 g/mol. The Kier molecular flexibility index (Phi) is 8.51. The first-order chi connectivity index (χ1) is 18.2. The highest BCUT2D eigenvalue weighted by atomic mass is 35.5. The van der Waals surface area contributed by atoms with E-state index in [-0.39, 0.29) is 27.6 Å². The van der Waals surface area contributed by atoms with Crippen LogP contribution in [0.15, 0.2) is 107 Å². The number of hydrogen-bond acceptors (Lipinski definition) is 5. The Morgan fingerprint density at radius 3 is 2.29 bits per heavy atom. The van der Waals surface area contributed by atoms with E-state index in [4.69, 9.17) is 11.6 Å². The Hall–Kier alpha value is -3.66. The van der Waals surface area contributed by atoms with E-state index in [1.807, 2.05) is 6.26 Å². The molecule has 1 amide bonds. The normalized spacial score (nSPS) is 11.1. The molecule has 0 bridgehead atoms. The van der Waals surface area contributed by atoms with Gasteiger partial charge in [0.2, 0.25) is 5.91 Å². The van der Waals surface area contributed by atoms with E-state index in [1.54, 1.807) is 42.5 Å². The van der Waals surface area contributed by atoms with Gasteiger partial charge >= 0.3 is 0 Å². The van der Waals surface area contributed by atoms with Crippen molar-refractivity contribution >= 4 is 56.5 Å². The second-order valence-electron chi connectivity index (χ2n) is 8.10. The molecule has 194 valence electrons. The number of halogens is 2. The van der Waals surface area contributed by atoms with E-state index < -0.39 is 28.3 Å². The second kappa shape index (κ2) is 11.8. The van der Waals surface area contributed by atoms with Crippen molar-refractivity contribution in [3.05, 3.63) is 119 Å². The molecule has 4 aromatic carbocycles. The van der Waals surface area contributed by atoms with E-state index >= 15 is 0 Å². The zero-order valence-electron chi connectivity index (χ0n) is 20.1. The van der Waals surface area contributed by atoms with Crippen molar-refractivity contribution in [2.45, 2.75) is 9.79 Å². The molecule has 38 heavy (non-hydrogen) atoms. The maximum absolute atomic E-state index is 14.1. The molecule has 0 saturated carbocycles. The van der Waals surface area contributed by atoms with Gasteiger partial charge in [-0.2, -0.15) is 0 Å². The number of hydrogen-bond donors (Lipinski definition) is 1. The van der Waals surface area contributed by atoms with Gasteiger partial charge in [-0.25, -0.2) is 12.8 Å². The lowest BCUT2D eigenvalue weighted by molar-refractivity contribution is -0.114. The number of anilines is 2. The molecule has 4 rings (SSSR count). The number of carbonyl (C=O) groups is 2. The fourth-order valence-corrected chi connectivity index (χ4v) is 5.69. The number of amides is 1. The topological polar surface area (TPSA) is 83.6 Å². The van der Waals surface area contributed by atoms with Gasteiger partial charge in [0.15, 0.2) is 5.78 Å². The van der Waals surface area contributed by atoms with E-state index in [0.717, 1.165) is 15.3 Å². The minimum atomic E-state index is -4.25. The molecular formula is C28H22ClFN2O4S2. The lowest BCUT2D eigenvalue weighted by Gasteiger charge is -2.24. The summed E-state index contributed by atoms with van der Waals surface area (Å²) in [5, 5.41) is 2.92. The SMILES string of the molecule is CSc1ccc(S(=O)(=O)N(CC(=O)Nc2ccc(Cl)cc2C(=O)c2ccccc2)c2cccc(F)c2)cc1. The Morgan fingerprint density at radius 1 is 0.921 bits per heavy atom. The van der Waals surface area contributed by atoms with Gasteiger partial charge in [0.05, 0.1) is 16.3 Å². The van der Waals surface area contributed by atoms with Crippen LogP contribution in [0.2, 0.25) is 5.02 Å². The van der Waals surface area contributed by atoms with Crippen LogP contribution in [-0.2, 0) is 14.8 Å². The van der Waals surface area contributed by atoms with Crippen LogP contribution >= 0.6 is 23.4 Å². The highest BCUT2D eigenvalue weighted by molar-refractivity contribution is 7.98. The predicted octanol–water partition coefficient (Wildman–Crippen LogP) is 6.27. The van der Waals surface area contributed by atoms with Gasteiger partial charge in [-0.15, -0.1) is 11.8 Å². The summed E-state index contributed by atoms with van der Waals surface area (Å²) < 4.78 is 42.1. The summed E-state index contributed by atoms with van der Waals surface area (Å²) in [5.41, 5.74) is 0.674. The van der Waals surface area contributed by atoms with Gasteiger partial charge in [0.25, 0.3) is 10.0 Å². The van der Waals surface area contributed by atoms with Crippen molar-refractivity contribution in [1.82, 2.24) is 0 Å². The van der Waals surface area contributed by atoms with Crippen LogP contribution in [0.1, 0.15) is 15.9 Å². The molecule has 0 aliphatic rings. The quantitative estimate of drug-likeness (QED) is 0.190. The number of nitrogens with one attached hydrogen (secondary N) is 1. The zero-order chi connectivity index (χ0) is 27.3. The summed E-state index contributed by atoms with van der Waals surface area (Å²) >= 11 is 7.57. The van der Waals surface area contributed by atoms with E-state index in [1.165, 1.54) is 60.3 Å². The number of nitrogens with zero attached hydrogens (tertiary/aromatic N) is 1. The van der Waals surface area contributed by atoms with Gasteiger partial charge in [-0.3, -0.25) is 13.9 Å². The Balaban J connectivity index is 1.67. The molecule has 0 heterocycles. The molecule has 0 aromatic heterocycles. The van der Waals surface area contributed by atoms with Gasteiger partial charge < -0.3 is 5.32 Å². The molecule has 0 aliphatic heterocycles. The molecule has 4 aromatic rings. The third kappa shape index (κ3) is 6.24.